The van der Waals surface area contributed by atoms with Crippen molar-refractivity contribution in [2.75, 3.05) is 39.1 Å². The van der Waals surface area contributed by atoms with E-state index >= 15 is 0 Å². The number of nitrogens with one attached hydrogen (secondary N) is 1. The number of halogens is 1. The van der Waals surface area contributed by atoms with Gasteiger partial charge in [0.25, 0.3) is 5.91 Å². The summed E-state index contributed by atoms with van der Waals surface area (Å²) >= 11 is 6.04. The zero-order chi connectivity index (χ0) is 19.2. The third-order valence-electron chi connectivity index (χ3n) is 4.43. The highest BCUT2D eigenvalue weighted by atomic mass is 35.5. The predicted molar refractivity (Wildman–Crippen MR) is 104 cm³/mol. The van der Waals surface area contributed by atoms with Crippen LogP contribution >= 0.6 is 11.6 Å². The molecule has 3 N–H and O–H groups in total. The summed E-state index contributed by atoms with van der Waals surface area (Å²) in [4.78, 5) is 18.9. The predicted octanol–water partition coefficient (Wildman–Crippen LogP) is 1.96. The van der Waals surface area contributed by atoms with Crippen molar-refractivity contribution in [3.05, 3.63) is 52.8 Å². The molecule has 1 aromatic carbocycles. The zero-order valence-electron chi connectivity index (χ0n) is 15.2. The normalized spacial score (nSPS) is 17.5. The number of benzene rings is 1. The summed E-state index contributed by atoms with van der Waals surface area (Å²) in [6.07, 6.45) is 3.50. The van der Waals surface area contributed by atoms with Gasteiger partial charge in [0.05, 0.1) is 36.1 Å². The summed E-state index contributed by atoms with van der Waals surface area (Å²) in [6, 6.07) is 7.07. The third-order valence-corrected chi connectivity index (χ3v) is 4.76. The molecule has 0 bridgehead atoms. The first-order valence-corrected chi connectivity index (χ1v) is 9.08. The Bertz CT molecular complexity index is 788. The topological polar surface area (TPSA) is 89.7 Å². The minimum Gasteiger partial charge on any atom is -0.496 e. The van der Waals surface area contributed by atoms with Gasteiger partial charge >= 0.3 is 0 Å². The van der Waals surface area contributed by atoms with Crippen molar-refractivity contribution >= 4 is 23.2 Å². The fraction of sp³-hybridized carbons (Fsp3) is 0.368. The van der Waals surface area contributed by atoms with E-state index in [1.165, 1.54) is 18.7 Å². The van der Waals surface area contributed by atoms with Crippen LogP contribution in [-0.2, 0) is 11.3 Å². The highest BCUT2D eigenvalue weighted by Gasteiger charge is 2.22. The number of anilines is 1. The molecule has 1 aromatic heterocycles. The number of carbonyl (C=O) groups excluding carboxylic acids is 1. The van der Waals surface area contributed by atoms with Crippen molar-refractivity contribution in [3.8, 4) is 5.75 Å². The second kappa shape index (κ2) is 9.03. The van der Waals surface area contributed by atoms with Gasteiger partial charge in [-0.2, -0.15) is 0 Å². The van der Waals surface area contributed by atoms with Gasteiger partial charge in [0, 0.05) is 44.6 Å². The smallest absolute Gasteiger partial charge is 0.255 e. The van der Waals surface area contributed by atoms with E-state index in [2.05, 4.69) is 15.2 Å². The maximum Gasteiger partial charge on any atom is 0.255 e. The molecule has 3 rings (SSSR count). The number of ether oxygens (including phenoxy) is 2. The fourth-order valence-electron chi connectivity index (χ4n) is 3.01. The molecule has 2 aromatic rings. The Labute approximate surface area is 163 Å². The number of nitrogens with two attached hydrogens (primary N) is 1. The van der Waals surface area contributed by atoms with Gasteiger partial charge in [-0.15, -0.1) is 0 Å². The minimum atomic E-state index is -0.274. The Hall–Kier alpha value is -2.35. The van der Waals surface area contributed by atoms with Gasteiger partial charge in [0.15, 0.2) is 0 Å². The second-order valence-electron chi connectivity index (χ2n) is 6.37. The number of rotatable bonds is 6. The molecule has 8 heteroatoms. The van der Waals surface area contributed by atoms with E-state index < -0.39 is 0 Å². The molecular weight excluding hydrogens is 368 g/mol. The lowest BCUT2D eigenvalue weighted by Gasteiger charge is -2.33. The number of hydrogen-bond donors (Lipinski definition) is 2. The molecule has 144 valence electrons. The van der Waals surface area contributed by atoms with E-state index in [1.54, 1.807) is 18.5 Å². The molecule has 0 aliphatic carbocycles. The number of amides is 1. The van der Waals surface area contributed by atoms with Crippen LogP contribution in [0.1, 0.15) is 15.9 Å². The third kappa shape index (κ3) is 5.09. The number of hydrogen-bond acceptors (Lipinski definition) is 6. The molecule has 1 atom stereocenters. The molecule has 0 saturated carbocycles. The van der Waals surface area contributed by atoms with Crippen molar-refractivity contribution in [1.82, 2.24) is 15.2 Å². The van der Waals surface area contributed by atoms with Gasteiger partial charge in [0.1, 0.15) is 5.75 Å². The molecule has 2 heterocycles. The summed E-state index contributed by atoms with van der Waals surface area (Å²) in [5.74, 6) is 0.113. The average molecular weight is 391 g/mol. The second-order valence-corrected chi connectivity index (χ2v) is 6.77. The molecule has 0 radical (unpaired) electrons. The largest absolute Gasteiger partial charge is 0.496 e. The lowest BCUT2D eigenvalue weighted by atomic mass is 10.1. The van der Waals surface area contributed by atoms with Crippen LogP contribution in [0.4, 0.5) is 5.69 Å². The highest BCUT2D eigenvalue weighted by Crippen LogP contribution is 2.28. The fourth-order valence-corrected chi connectivity index (χ4v) is 3.17. The van der Waals surface area contributed by atoms with E-state index in [4.69, 9.17) is 26.8 Å². The lowest BCUT2D eigenvalue weighted by molar-refractivity contribution is -0.0292. The summed E-state index contributed by atoms with van der Waals surface area (Å²) in [5.41, 5.74) is 7.68. The summed E-state index contributed by atoms with van der Waals surface area (Å²) in [7, 11) is 1.49. The molecule has 1 unspecified atom stereocenters. The maximum atomic E-state index is 12.5. The highest BCUT2D eigenvalue weighted by molar-refractivity contribution is 6.33. The lowest BCUT2D eigenvalue weighted by Crippen LogP contribution is -2.47. The standard InChI is InChI=1S/C19H23ClN4O3/c1-26-18-9-17(21)16(20)8-15(18)19(25)23-10-14-12-24(6-7-27-14)11-13-2-4-22-5-3-13/h2-5,8-9,14H,6-7,10-12,21H2,1H3,(H,23,25). The first-order valence-electron chi connectivity index (χ1n) is 8.71. The van der Waals surface area contributed by atoms with Crippen LogP contribution in [0.2, 0.25) is 5.02 Å². The number of methoxy groups -OCH3 is 1. The quantitative estimate of drug-likeness (QED) is 0.733. The van der Waals surface area contributed by atoms with Crippen LogP contribution in [0.25, 0.3) is 0 Å². The molecule has 1 fully saturated rings. The van der Waals surface area contributed by atoms with Crippen LogP contribution in [0.3, 0.4) is 0 Å². The Morgan fingerprint density at radius 1 is 1.44 bits per heavy atom. The number of carbonyl (C=O) groups is 1. The van der Waals surface area contributed by atoms with Crippen LogP contribution in [0.15, 0.2) is 36.7 Å². The molecular formula is C19H23ClN4O3. The van der Waals surface area contributed by atoms with E-state index in [0.717, 1.165) is 19.6 Å². The molecule has 1 saturated heterocycles. The van der Waals surface area contributed by atoms with Gasteiger partial charge in [-0.05, 0) is 23.8 Å². The van der Waals surface area contributed by atoms with Crippen molar-refractivity contribution in [2.45, 2.75) is 12.6 Å². The zero-order valence-corrected chi connectivity index (χ0v) is 15.9. The number of aromatic nitrogens is 1. The van der Waals surface area contributed by atoms with E-state index in [9.17, 15) is 4.79 Å². The number of pyridine rings is 1. The Morgan fingerprint density at radius 3 is 2.96 bits per heavy atom. The SMILES string of the molecule is COc1cc(N)c(Cl)cc1C(=O)NCC1CN(Cc2ccncc2)CCO1. The molecule has 7 nitrogen and oxygen atoms in total. The monoisotopic (exact) mass is 390 g/mol. The van der Waals surface area contributed by atoms with E-state index in [0.29, 0.717) is 35.2 Å². The summed E-state index contributed by atoms with van der Waals surface area (Å²) < 4.78 is 11.0. The summed E-state index contributed by atoms with van der Waals surface area (Å²) in [5, 5.41) is 3.21. The number of morpholine rings is 1. The molecule has 1 amide bonds. The van der Waals surface area contributed by atoms with Crippen LogP contribution in [0.5, 0.6) is 5.75 Å². The van der Waals surface area contributed by atoms with E-state index in [-0.39, 0.29) is 12.0 Å². The molecule has 1 aliphatic heterocycles. The van der Waals surface area contributed by atoms with Crippen LogP contribution < -0.4 is 15.8 Å². The van der Waals surface area contributed by atoms with E-state index in [1.807, 2.05) is 12.1 Å². The van der Waals surface area contributed by atoms with Gasteiger partial charge in [-0.1, -0.05) is 11.6 Å². The van der Waals surface area contributed by atoms with Gasteiger partial charge in [-0.25, -0.2) is 0 Å². The van der Waals surface area contributed by atoms with Crippen LogP contribution in [0, 0.1) is 0 Å². The van der Waals surface area contributed by atoms with Crippen molar-refractivity contribution in [2.24, 2.45) is 0 Å². The Morgan fingerprint density at radius 2 is 2.22 bits per heavy atom. The Kier molecular flexibility index (Phi) is 6.49. The summed E-state index contributed by atoms with van der Waals surface area (Å²) in [6.45, 7) is 3.45. The minimum absolute atomic E-state index is 0.0835. The molecule has 1 aliphatic rings. The maximum absolute atomic E-state index is 12.5. The number of nitrogen functional groups attached to an aromatic ring is 1. The van der Waals surface area contributed by atoms with Crippen molar-refractivity contribution in [1.29, 1.82) is 0 Å². The number of nitrogens with zero attached hydrogens (tertiary/aromatic N) is 2. The average Bonchev–Trinajstić information content (AvgIpc) is 2.69. The first kappa shape index (κ1) is 19.4. The molecule has 0 spiro atoms. The van der Waals surface area contributed by atoms with Gasteiger partial charge in [0.2, 0.25) is 0 Å². The van der Waals surface area contributed by atoms with Crippen molar-refractivity contribution in [3.63, 3.8) is 0 Å². The molecule has 27 heavy (non-hydrogen) atoms. The van der Waals surface area contributed by atoms with Gasteiger partial charge < -0.3 is 20.5 Å². The van der Waals surface area contributed by atoms with Crippen LogP contribution in [-0.4, -0.2) is 55.2 Å². The first-order chi connectivity index (χ1) is 13.1. The van der Waals surface area contributed by atoms with Crippen molar-refractivity contribution < 1.29 is 14.3 Å². The Balaban J connectivity index is 1.56. The van der Waals surface area contributed by atoms with Gasteiger partial charge in [-0.3, -0.25) is 14.7 Å².